The number of aliphatic carboxylic acids is 3. The summed E-state index contributed by atoms with van der Waals surface area (Å²) >= 11 is 0. The fourth-order valence-corrected chi connectivity index (χ4v) is 2.52. The van der Waals surface area contributed by atoms with Crippen LogP contribution in [0.15, 0.2) is 0 Å². The van der Waals surface area contributed by atoms with Crippen molar-refractivity contribution in [2.45, 2.75) is 12.5 Å². The van der Waals surface area contributed by atoms with Gasteiger partial charge in [-0.1, -0.05) is 0 Å². The number of nitrogens with zero attached hydrogens (tertiary/aromatic N) is 4. The van der Waals surface area contributed by atoms with Crippen LogP contribution in [-0.4, -0.2) is 145 Å². The summed E-state index contributed by atoms with van der Waals surface area (Å²) in [5.74, 6) is -4.32. The Hall–Kier alpha value is -2.77. The predicted molar refractivity (Wildman–Crippen MR) is 110 cm³/mol. The Morgan fingerprint density at radius 2 is 1.26 bits per heavy atom. The molecule has 4 N–H and O–H groups in total. The first-order chi connectivity index (χ1) is 14.3. The van der Waals surface area contributed by atoms with Crippen molar-refractivity contribution >= 4 is 29.7 Å². The van der Waals surface area contributed by atoms with Crippen molar-refractivity contribution in [2.75, 3.05) is 74.0 Å². The van der Waals surface area contributed by atoms with Gasteiger partial charge in [0.15, 0.2) is 0 Å². The summed E-state index contributed by atoms with van der Waals surface area (Å²) in [4.78, 5) is 62.8. The van der Waals surface area contributed by atoms with Gasteiger partial charge in [-0.05, 0) is 0 Å². The van der Waals surface area contributed by atoms with Crippen LogP contribution in [0.5, 0.6) is 0 Å². The summed E-state index contributed by atoms with van der Waals surface area (Å²) in [6.45, 7) is 0.224. The first-order valence-corrected chi connectivity index (χ1v) is 9.59. The quantitative estimate of drug-likeness (QED) is 0.182. The SMILES string of the molecule is CN(C)C(=O)CN(CCNCCN(CC(=O)N(C)C)C(CC(=O)O)C(=O)O)CC(=O)O. The molecular weight excluding hydrogens is 414 g/mol. The Bertz CT molecular complexity index is 640. The van der Waals surface area contributed by atoms with Gasteiger partial charge in [0.2, 0.25) is 11.8 Å². The topological polar surface area (TPSA) is 171 Å². The van der Waals surface area contributed by atoms with Gasteiger partial charge in [0.05, 0.1) is 26.1 Å². The molecule has 0 aromatic carbocycles. The lowest BCUT2D eigenvalue weighted by Gasteiger charge is -2.28. The van der Waals surface area contributed by atoms with Crippen molar-refractivity contribution in [1.82, 2.24) is 24.9 Å². The van der Waals surface area contributed by atoms with E-state index >= 15 is 0 Å². The molecule has 0 aliphatic carbocycles. The van der Waals surface area contributed by atoms with E-state index in [0.717, 1.165) is 0 Å². The summed E-state index contributed by atoms with van der Waals surface area (Å²) in [6, 6.07) is -1.37. The van der Waals surface area contributed by atoms with Crippen molar-refractivity contribution in [3.63, 3.8) is 0 Å². The van der Waals surface area contributed by atoms with Crippen molar-refractivity contribution < 1.29 is 39.3 Å². The molecule has 0 aromatic rings. The number of hydrogen-bond acceptors (Lipinski definition) is 8. The molecule has 0 spiro atoms. The number of rotatable bonds is 16. The van der Waals surface area contributed by atoms with E-state index in [1.807, 2.05) is 0 Å². The standard InChI is InChI=1S/C18H33N5O8/c1-20(2)14(24)10-22(12-17(28)29)7-5-19-6-8-23(11-15(25)21(3)4)13(18(30)31)9-16(26)27/h13,19H,5-12H2,1-4H3,(H,26,27)(H,28,29)(H,30,31). The number of hydrogen-bond donors (Lipinski definition) is 4. The summed E-state index contributed by atoms with van der Waals surface area (Å²) in [5.41, 5.74) is 0. The highest BCUT2D eigenvalue weighted by atomic mass is 16.4. The van der Waals surface area contributed by atoms with Crippen molar-refractivity contribution in [1.29, 1.82) is 0 Å². The van der Waals surface area contributed by atoms with Crippen molar-refractivity contribution in [2.24, 2.45) is 0 Å². The minimum absolute atomic E-state index is 0.0653. The number of carboxylic acids is 3. The predicted octanol–water partition coefficient (Wildman–Crippen LogP) is -2.63. The number of likely N-dealkylation sites (N-methyl/N-ethyl adjacent to an activating group) is 2. The molecule has 2 amide bonds. The molecule has 0 rings (SSSR count). The second-order valence-corrected chi connectivity index (χ2v) is 7.35. The third-order valence-corrected chi connectivity index (χ3v) is 4.33. The smallest absolute Gasteiger partial charge is 0.321 e. The maximum atomic E-state index is 12.0. The zero-order valence-electron chi connectivity index (χ0n) is 18.4. The van der Waals surface area contributed by atoms with E-state index in [2.05, 4.69) is 5.32 Å². The third-order valence-electron chi connectivity index (χ3n) is 4.33. The van der Waals surface area contributed by atoms with Gasteiger partial charge >= 0.3 is 17.9 Å². The molecule has 1 atom stereocenters. The van der Waals surface area contributed by atoms with Crippen LogP contribution >= 0.6 is 0 Å². The highest BCUT2D eigenvalue weighted by Crippen LogP contribution is 2.06. The van der Waals surface area contributed by atoms with Gasteiger partial charge in [0.1, 0.15) is 6.04 Å². The Labute approximate surface area is 181 Å². The molecule has 0 aliphatic rings. The molecule has 0 aliphatic heterocycles. The average Bonchev–Trinajstić information content (AvgIpc) is 2.63. The zero-order chi connectivity index (χ0) is 24.1. The maximum absolute atomic E-state index is 12.0. The minimum atomic E-state index is -1.37. The second-order valence-electron chi connectivity index (χ2n) is 7.35. The lowest BCUT2D eigenvalue weighted by Crippen LogP contribution is -2.50. The monoisotopic (exact) mass is 447 g/mol. The number of carbonyl (C=O) groups excluding carboxylic acids is 2. The fourth-order valence-electron chi connectivity index (χ4n) is 2.52. The lowest BCUT2D eigenvalue weighted by atomic mass is 10.1. The molecule has 0 heterocycles. The van der Waals surface area contributed by atoms with Crippen molar-refractivity contribution in [3.05, 3.63) is 0 Å². The largest absolute Gasteiger partial charge is 0.481 e. The highest BCUT2D eigenvalue weighted by Gasteiger charge is 2.29. The van der Waals surface area contributed by atoms with Crippen LogP contribution in [0.25, 0.3) is 0 Å². The molecule has 31 heavy (non-hydrogen) atoms. The highest BCUT2D eigenvalue weighted by molar-refractivity contribution is 5.82. The number of carboxylic acid groups (broad SMARTS) is 3. The Kier molecular flexibility index (Phi) is 13.0. The normalized spacial score (nSPS) is 11.9. The van der Waals surface area contributed by atoms with Gasteiger partial charge in [-0.2, -0.15) is 0 Å². The fraction of sp³-hybridized carbons (Fsp3) is 0.722. The first-order valence-electron chi connectivity index (χ1n) is 9.59. The minimum Gasteiger partial charge on any atom is -0.481 e. The molecular formula is C18H33N5O8. The van der Waals surface area contributed by atoms with Crippen LogP contribution in [0.4, 0.5) is 0 Å². The van der Waals surface area contributed by atoms with Crippen molar-refractivity contribution in [3.8, 4) is 0 Å². The summed E-state index contributed by atoms with van der Waals surface area (Å²) in [7, 11) is 6.16. The molecule has 13 heteroatoms. The van der Waals surface area contributed by atoms with Crippen LogP contribution in [0.2, 0.25) is 0 Å². The average molecular weight is 447 g/mol. The molecule has 0 saturated carbocycles. The number of nitrogens with one attached hydrogen (secondary N) is 1. The molecule has 1 unspecified atom stereocenters. The Balaban J connectivity index is 4.87. The van der Waals surface area contributed by atoms with Crippen LogP contribution in [0.3, 0.4) is 0 Å². The molecule has 0 aromatic heterocycles. The van der Waals surface area contributed by atoms with E-state index in [0.29, 0.717) is 6.54 Å². The van der Waals surface area contributed by atoms with Gasteiger partial charge < -0.3 is 30.4 Å². The molecule has 13 nitrogen and oxygen atoms in total. The Morgan fingerprint density at radius 1 is 0.742 bits per heavy atom. The second kappa shape index (κ2) is 14.3. The van der Waals surface area contributed by atoms with Crippen LogP contribution in [0.1, 0.15) is 6.42 Å². The molecule has 0 bridgehead atoms. The number of carbonyl (C=O) groups is 5. The van der Waals surface area contributed by atoms with E-state index in [4.69, 9.17) is 10.2 Å². The van der Waals surface area contributed by atoms with Gasteiger partial charge in [-0.25, -0.2) is 0 Å². The number of amides is 2. The van der Waals surface area contributed by atoms with Gasteiger partial charge in [-0.15, -0.1) is 0 Å². The van der Waals surface area contributed by atoms with Gasteiger partial charge in [-0.3, -0.25) is 33.8 Å². The maximum Gasteiger partial charge on any atom is 0.321 e. The molecule has 0 saturated heterocycles. The zero-order valence-corrected chi connectivity index (χ0v) is 18.4. The third kappa shape index (κ3) is 12.5. The van der Waals surface area contributed by atoms with Crippen LogP contribution < -0.4 is 5.32 Å². The van der Waals surface area contributed by atoms with E-state index < -0.39 is 30.4 Å². The summed E-state index contributed by atoms with van der Waals surface area (Å²) < 4.78 is 0. The van der Waals surface area contributed by atoms with Crippen LogP contribution in [0, 0.1) is 0 Å². The van der Waals surface area contributed by atoms with E-state index in [-0.39, 0.29) is 51.1 Å². The Morgan fingerprint density at radius 3 is 1.71 bits per heavy atom. The van der Waals surface area contributed by atoms with Gasteiger partial charge in [0, 0.05) is 54.4 Å². The lowest BCUT2D eigenvalue weighted by molar-refractivity contribution is -0.151. The van der Waals surface area contributed by atoms with Crippen LogP contribution in [-0.2, 0) is 24.0 Å². The summed E-state index contributed by atoms with van der Waals surface area (Å²) in [6.07, 6.45) is -0.658. The van der Waals surface area contributed by atoms with E-state index in [1.54, 1.807) is 14.1 Å². The summed E-state index contributed by atoms with van der Waals surface area (Å²) in [5, 5.41) is 30.4. The van der Waals surface area contributed by atoms with Gasteiger partial charge in [0.25, 0.3) is 0 Å². The van der Waals surface area contributed by atoms with E-state index in [1.165, 1.54) is 33.7 Å². The molecule has 178 valence electrons. The van der Waals surface area contributed by atoms with E-state index in [9.17, 15) is 29.1 Å². The molecule has 0 fully saturated rings. The molecule has 0 radical (unpaired) electrons. The first kappa shape index (κ1) is 28.2.